The predicted molar refractivity (Wildman–Crippen MR) is 115 cm³/mol. The van der Waals surface area contributed by atoms with E-state index in [-0.39, 0.29) is 24.0 Å². The van der Waals surface area contributed by atoms with E-state index in [1.807, 2.05) is 11.3 Å². The van der Waals surface area contributed by atoms with Gasteiger partial charge in [0.25, 0.3) is 0 Å². The standard InChI is InChI=1S/C17H32N4S.HI/c1-7-18-17(19-10-11-21(6)13(2)3)20-14(4)12-16-9-8-15(5)22-16;/h8-9,13-14H,7,10-12H2,1-6H3,(H2,18,19,20);1H. The number of guanidine groups is 1. The number of nitrogens with one attached hydrogen (secondary N) is 2. The van der Waals surface area contributed by atoms with Crippen LogP contribution in [0.25, 0.3) is 0 Å². The first-order valence-corrected chi connectivity index (χ1v) is 9.04. The summed E-state index contributed by atoms with van der Waals surface area (Å²) in [5.41, 5.74) is 0. The van der Waals surface area contributed by atoms with Crippen LogP contribution >= 0.6 is 35.3 Å². The smallest absolute Gasteiger partial charge is 0.191 e. The highest BCUT2D eigenvalue weighted by Gasteiger charge is 2.08. The number of hydrogen-bond donors (Lipinski definition) is 2. The summed E-state index contributed by atoms with van der Waals surface area (Å²) in [6, 6.07) is 5.35. The molecule has 1 heterocycles. The Morgan fingerprint density at radius 3 is 2.52 bits per heavy atom. The van der Waals surface area contributed by atoms with Crippen LogP contribution in [0.15, 0.2) is 17.1 Å². The number of aryl methyl sites for hydroxylation is 1. The molecule has 1 atom stereocenters. The molecule has 0 saturated carbocycles. The van der Waals surface area contributed by atoms with Crippen molar-refractivity contribution in [2.24, 2.45) is 4.99 Å². The number of nitrogens with zero attached hydrogens (tertiary/aromatic N) is 2. The maximum Gasteiger partial charge on any atom is 0.191 e. The van der Waals surface area contributed by atoms with Gasteiger partial charge in [0.05, 0.1) is 6.54 Å². The van der Waals surface area contributed by atoms with Gasteiger partial charge in [-0.3, -0.25) is 4.99 Å². The minimum atomic E-state index is 0. The highest BCUT2D eigenvalue weighted by atomic mass is 127. The van der Waals surface area contributed by atoms with Crippen molar-refractivity contribution in [1.82, 2.24) is 15.5 Å². The molecule has 0 aliphatic heterocycles. The number of rotatable bonds is 8. The molecule has 2 N–H and O–H groups in total. The Labute approximate surface area is 163 Å². The first kappa shape index (κ1) is 22.7. The van der Waals surface area contributed by atoms with Gasteiger partial charge in [-0.15, -0.1) is 35.3 Å². The van der Waals surface area contributed by atoms with Gasteiger partial charge < -0.3 is 15.5 Å². The van der Waals surface area contributed by atoms with Crippen molar-refractivity contribution in [2.45, 2.75) is 53.1 Å². The lowest BCUT2D eigenvalue weighted by molar-refractivity contribution is 0.282. The third kappa shape index (κ3) is 9.52. The molecule has 1 rings (SSSR count). The fourth-order valence-electron chi connectivity index (χ4n) is 2.08. The highest BCUT2D eigenvalue weighted by molar-refractivity contribution is 14.0. The van der Waals surface area contributed by atoms with Gasteiger partial charge in [-0.2, -0.15) is 0 Å². The van der Waals surface area contributed by atoms with Crippen LogP contribution in [0.2, 0.25) is 0 Å². The Kier molecular flexibility index (Phi) is 11.9. The topological polar surface area (TPSA) is 39.7 Å². The summed E-state index contributed by atoms with van der Waals surface area (Å²) in [7, 11) is 2.14. The van der Waals surface area contributed by atoms with E-state index >= 15 is 0 Å². The first-order chi connectivity index (χ1) is 10.4. The van der Waals surface area contributed by atoms with Crippen LogP contribution in [-0.2, 0) is 6.42 Å². The van der Waals surface area contributed by atoms with Crippen molar-refractivity contribution in [2.75, 3.05) is 26.7 Å². The van der Waals surface area contributed by atoms with Crippen LogP contribution in [0.4, 0.5) is 0 Å². The molecule has 134 valence electrons. The molecule has 6 heteroatoms. The van der Waals surface area contributed by atoms with E-state index in [0.29, 0.717) is 12.1 Å². The molecule has 0 aromatic carbocycles. The van der Waals surface area contributed by atoms with Crippen molar-refractivity contribution in [3.63, 3.8) is 0 Å². The van der Waals surface area contributed by atoms with Gasteiger partial charge in [0.15, 0.2) is 5.96 Å². The molecule has 0 spiro atoms. The minimum absolute atomic E-state index is 0. The van der Waals surface area contributed by atoms with Gasteiger partial charge in [-0.25, -0.2) is 0 Å². The Bertz CT molecular complexity index is 459. The largest absolute Gasteiger partial charge is 0.357 e. The molecule has 0 radical (unpaired) electrons. The van der Waals surface area contributed by atoms with E-state index in [1.165, 1.54) is 9.75 Å². The quantitative estimate of drug-likeness (QED) is 0.360. The third-order valence-corrected chi connectivity index (χ3v) is 4.66. The second-order valence-electron chi connectivity index (χ2n) is 6.10. The summed E-state index contributed by atoms with van der Waals surface area (Å²) in [4.78, 5) is 9.79. The number of hydrogen-bond acceptors (Lipinski definition) is 3. The zero-order chi connectivity index (χ0) is 16.5. The molecule has 1 unspecified atom stereocenters. The highest BCUT2D eigenvalue weighted by Crippen LogP contribution is 2.16. The second kappa shape index (κ2) is 12.1. The molecule has 0 aliphatic rings. The summed E-state index contributed by atoms with van der Waals surface area (Å²) in [6.07, 6.45) is 1.04. The monoisotopic (exact) mass is 452 g/mol. The van der Waals surface area contributed by atoms with Crippen molar-refractivity contribution < 1.29 is 0 Å². The van der Waals surface area contributed by atoms with E-state index in [2.05, 4.69) is 74.3 Å². The molecule has 0 saturated heterocycles. The molecular formula is C17H33IN4S. The Hall–Kier alpha value is -0.340. The zero-order valence-corrected chi connectivity index (χ0v) is 18.5. The molecular weight excluding hydrogens is 419 g/mol. The summed E-state index contributed by atoms with van der Waals surface area (Å²) in [5.74, 6) is 0.917. The average Bonchev–Trinajstić information content (AvgIpc) is 2.83. The van der Waals surface area contributed by atoms with Crippen LogP contribution < -0.4 is 10.6 Å². The average molecular weight is 452 g/mol. The number of halogens is 1. The van der Waals surface area contributed by atoms with Crippen LogP contribution in [0.1, 0.15) is 37.4 Å². The van der Waals surface area contributed by atoms with Gasteiger partial charge in [-0.1, -0.05) is 0 Å². The lowest BCUT2D eigenvalue weighted by atomic mass is 10.2. The first-order valence-electron chi connectivity index (χ1n) is 8.22. The van der Waals surface area contributed by atoms with E-state index in [9.17, 15) is 0 Å². The summed E-state index contributed by atoms with van der Waals surface area (Å²) in [5, 5.41) is 6.84. The molecule has 1 aromatic heterocycles. The fraction of sp³-hybridized carbons (Fsp3) is 0.706. The van der Waals surface area contributed by atoms with Gasteiger partial charge in [0.1, 0.15) is 0 Å². The summed E-state index contributed by atoms with van der Waals surface area (Å²) in [6.45, 7) is 13.6. The van der Waals surface area contributed by atoms with Gasteiger partial charge >= 0.3 is 0 Å². The second-order valence-corrected chi connectivity index (χ2v) is 7.47. The van der Waals surface area contributed by atoms with Gasteiger partial charge in [0.2, 0.25) is 0 Å². The van der Waals surface area contributed by atoms with Crippen molar-refractivity contribution in [1.29, 1.82) is 0 Å². The molecule has 0 amide bonds. The maximum atomic E-state index is 4.68. The molecule has 0 aliphatic carbocycles. The molecule has 1 aromatic rings. The van der Waals surface area contributed by atoms with Crippen molar-refractivity contribution >= 4 is 41.3 Å². The molecule has 0 fully saturated rings. The Morgan fingerprint density at radius 2 is 2.00 bits per heavy atom. The molecule has 23 heavy (non-hydrogen) atoms. The predicted octanol–water partition coefficient (Wildman–Crippen LogP) is 3.50. The van der Waals surface area contributed by atoms with E-state index in [4.69, 9.17) is 0 Å². The fourth-order valence-corrected chi connectivity index (χ4v) is 3.10. The summed E-state index contributed by atoms with van der Waals surface area (Å²) >= 11 is 1.87. The van der Waals surface area contributed by atoms with E-state index in [1.54, 1.807) is 0 Å². The molecule has 0 bridgehead atoms. The SMILES string of the molecule is CCNC(=NCCN(C)C(C)C)NC(C)Cc1ccc(C)s1.I. The Balaban J connectivity index is 0.00000484. The van der Waals surface area contributed by atoms with E-state index < -0.39 is 0 Å². The number of thiophene rings is 1. The normalized spacial score (nSPS) is 13.1. The van der Waals surface area contributed by atoms with Crippen LogP contribution in [0.5, 0.6) is 0 Å². The zero-order valence-electron chi connectivity index (χ0n) is 15.3. The van der Waals surface area contributed by atoms with Crippen molar-refractivity contribution in [3.05, 3.63) is 21.9 Å². The molecule has 4 nitrogen and oxygen atoms in total. The van der Waals surface area contributed by atoms with Crippen LogP contribution in [0.3, 0.4) is 0 Å². The summed E-state index contributed by atoms with van der Waals surface area (Å²) < 4.78 is 0. The lowest BCUT2D eigenvalue weighted by Crippen LogP contribution is -2.43. The third-order valence-electron chi connectivity index (χ3n) is 3.63. The van der Waals surface area contributed by atoms with Crippen LogP contribution in [-0.4, -0.2) is 49.6 Å². The van der Waals surface area contributed by atoms with Crippen molar-refractivity contribution in [3.8, 4) is 0 Å². The van der Waals surface area contributed by atoms with E-state index in [0.717, 1.165) is 32.0 Å². The van der Waals surface area contributed by atoms with Gasteiger partial charge in [-0.05, 0) is 53.8 Å². The minimum Gasteiger partial charge on any atom is -0.357 e. The lowest BCUT2D eigenvalue weighted by Gasteiger charge is -2.21. The Morgan fingerprint density at radius 1 is 1.30 bits per heavy atom. The van der Waals surface area contributed by atoms with Gasteiger partial charge in [0, 0.05) is 41.3 Å². The number of aliphatic imine (C=N–C) groups is 1. The number of likely N-dealkylation sites (N-methyl/N-ethyl adjacent to an activating group) is 1. The maximum absolute atomic E-state index is 4.68. The van der Waals surface area contributed by atoms with Crippen LogP contribution in [0, 0.1) is 6.92 Å².